The first kappa shape index (κ1) is 23.6. The number of hydrogen-bond acceptors (Lipinski definition) is 8. The molecule has 4 bridgehead atoms. The number of fused-ring (bicyclic) bond motifs is 4. The Bertz CT molecular complexity index is 1080. The second-order valence-corrected chi connectivity index (χ2v) is 9.71. The Morgan fingerprint density at radius 3 is 2.25 bits per heavy atom. The van der Waals surface area contributed by atoms with Crippen LogP contribution in [0.1, 0.15) is 11.1 Å². The lowest BCUT2D eigenvalue weighted by Gasteiger charge is -2.40. The maximum atomic E-state index is 13.9. The molecule has 1 unspecified atom stereocenters. The van der Waals surface area contributed by atoms with Gasteiger partial charge in [0.05, 0.1) is 26.2 Å². The normalized spacial score (nSPS) is 33.5. The van der Waals surface area contributed by atoms with E-state index in [1.54, 1.807) is 4.90 Å². The van der Waals surface area contributed by atoms with Crippen LogP contribution in [0.25, 0.3) is 0 Å². The van der Waals surface area contributed by atoms with E-state index in [4.69, 9.17) is 23.7 Å². The summed E-state index contributed by atoms with van der Waals surface area (Å²) in [4.78, 5) is 30.3. The molecule has 1 amide bonds. The molecule has 0 N–H and O–H groups in total. The van der Waals surface area contributed by atoms with Crippen LogP contribution >= 0.6 is 0 Å². The molecule has 4 fully saturated rings. The van der Waals surface area contributed by atoms with Crippen molar-refractivity contribution < 1.29 is 33.3 Å². The van der Waals surface area contributed by atoms with E-state index in [0.29, 0.717) is 19.5 Å². The van der Waals surface area contributed by atoms with Crippen LogP contribution < -0.4 is 0 Å². The van der Waals surface area contributed by atoms with Crippen LogP contribution in [0.4, 0.5) is 0 Å². The third kappa shape index (κ3) is 4.53. The molecule has 9 nitrogen and oxygen atoms in total. The quantitative estimate of drug-likeness (QED) is 0.557. The summed E-state index contributed by atoms with van der Waals surface area (Å²) in [6, 6.07) is 19.7. The number of methoxy groups -OCH3 is 1. The molecule has 9 heteroatoms. The molecule has 36 heavy (non-hydrogen) atoms. The van der Waals surface area contributed by atoms with Gasteiger partial charge in [-0.2, -0.15) is 0 Å². The largest absolute Gasteiger partial charge is 0.467 e. The Balaban J connectivity index is 1.20. The van der Waals surface area contributed by atoms with E-state index in [2.05, 4.69) is 17.0 Å². The van der Waals surface area contributed by atoms with Gasteiger partial charge in [-0.1, -0.05) is 60.7 Å². The predicted octanol–water partition coefficient (Wildman–Crippen LogP) is 1.35. The number of carbonyl (C=O) groups is 2. The summed E-state index contributed by atoms with van der Waals surface area (Å²) < 4.78 is 29.1. The van der Waals surface area contributed by atoms with Crippen molar-refractivity contribution in [3.63, 3.8) is 0 Å². The molecular weight excluding hydrogens is 464 g/mol. The second-order valence-electron chi connectivity index (χ2n) is 9.71. The molecule has 0 aliphatic carbocycles. The van der Waals surface area contributed by atoms with Gasteiger partial charge in [0.1, 0.15) is 12.2 Å². The summed E-state index contributed by atoms with van der Waals surface area (Å²) in [6.45, 7) is 2.19. The Morgan fingerprint density at radius 2 is 1.53 bits per heavy atom. The highest BCUT2D eigenvalue weighted by atomic mass is 16.8. The molecule has 2 aromatic rings. The summed E-state index contributed by atoms with van der Waals surface area (Å²) >= 11 is 0. The van der Waals surface area contributed by atoms with E-state index in [9.17, 15) is 9.59 Å². The predicted molar refractivity (Wildman–Crippen MR) is 126 cm³/mol. The molecule has 4 aliphatic heterocycles. The van der Waals surface area contributed by atoms with Gasteiger partial charge >= 0.3 is 5.97 Å². The molecule has 0 radical (unpaired) electrons. The average Bonchev–Trinajstić information content (AvgIpc) is 3.42. The second kappa shape index (κ2) is 9.91. The first-order valence-corrected chi connectivity index (χ1v) is 12.4. The van der Waals surface area contributed by atoms with E-state index in [1.165, 1.54) is 12.7 Å². The number of rotatable bonds is 6. The van der Waals surface area contributed by atoms with Crippen molar-refractivity contribution >= 4 is 11.9 Å². The van der Waals surface area contributed by atoms with Gasteiger partial charge in [-0.25, -0.2) is 4.79 Å². The fourth-order valence-electron chi connectivity index (χ4n) is 5.61. The Kier molecular flexibility index (Phi) is 6.49. The van der Waals surface area contributed by atoms with Crippen LogP contribution in [0.3, 0.4) is 0 Å². The lowest BCUT2D eigenvalue weighted by molar-refractivity contribution is -0.176. The van der Waals surface area contributed by atoms with Crippen LogP contribution in [0.2, 0.25) is 0 Å². The van der Waals surface area contributed by atoms with Gasteiger partial charge < -0.3 is 28.6 Å². The monoisotopic (exact) mass is 494 g/mol. The standard InChI is InChI=1S/C27H30N2O7/c1-32-26(31)24-21-15-29(19(27(34-21)36-24)12-17-8-4-2-5-9-17)25(30)23-20-14-28(16-22(33-20)35-23)13-18-10-6-3-7-11-18/h2-11,19-24,27H,12-16H2,1H3/t19?,20-,21-,22-,23-,24-,27-/m1/s1. The van der Waals surface area contributed by atoms with Gasteiger partial charge in [-0.3, -0.25) is 9.69 Å². The highest BCUT2D eigenvalue weighted by Gasteiger charge is 2.55. The van der Waals surface area contributed by atoms with Crippen LogP contribution in [0.5, 0.6) is 0 Å². The maximum Gasteiger partial charge on any atom is 0.337 e. The van der Waals surface area contributed by atoms with Crippen LogP contribution in [-0.2, 0) is 46.2 Å². The number of benzene rings is 2. The number of esters is 1. The average molecular weight is 495 g/mol. The van der Waals surface area contributed by atoms with E-state index < -0.39 is 42.9 Å². The topological polar surface area (TPSA) is 86.8 Å². The minimum Gasteiger partial charge on any atom is -0.467 e. The molecule has 0 spiro atoms. The molecule has 6 rings (SSSR count). The zero-order chi connectivity index (χ0) is 24.6. The van der Waals surface area contributed by atoms with E-state index >= 15 is 0 Å². The number of morpholine rings is 2. The van der Waals surface area contributed by atoms with Crippen molar-refractivity contribution in [3.8, 4) is 0 Å². The SMILES string of the molecule is COC(=O)[C@@H]1O[C@H]2O[C@@H]1CN(C(=O)[C@@H]1O[C@@H]3CN(Cc4ccccc4)C[C@H]1O3)C2Cc1ccccc1. The summed E-state index contributed by atoms with van der Waals surface area (Å²) in [5.41, 5.74) is 2.25. The molecule has 4 aliphatic rings. The Labute approximate surface area is 209 Å². The molecule has 0 aromatic heterocycles. The number of ether oxygens (including phenoxy) is 5. The first-order chi connectivity index (χ1) is 17.6. The van der Waals surface area contributed by atoms with Crippen molar-refractivity contribution in [1.82, 2.24) is 9.80 Å². The number of hydrogen-bond donors (Lipinski definition) is 0. The molecule has 7 atom stereocenters. The van der Waals surface area contributed by atoms with Gasteiger partial charge in [0, 0.05) is 13.1 Å². The Morgan fingerprint density at radius 1 is 0.833 bits per heavy atom. The van der Waals surface area contributed by atoms with Gasteiger partial charge in [-0.05, 0) is 17.5 Å². The van der Waals surface area contributed by atoms with Crippen molar-refractivity contribution in [2.24, 2.45) is 0 Å². The minimum atomic E-state index is -0.864. The first-order valence-electron chi connectivity index (χ1n) is 12.4. The lowest BCUT2D eigenvalue weighted by Crippen LogP contribution is -2.59. The fraction of sp³-hybridized carbons (Fsp3) is 0.481. The highest BCUT2D eigenvalue weighted by molar-refractivity contribution is 5.83. The minimum absolute atomic E-state index is 0.155. The van der Waals surface area contributed by atoms with Gasteiger partial charge in [-0.15, -0.1) is 0 Å². The van der Waals surface area contributed by atoms with E-state index in [1.807, 2.05) is 48.5 Å². The van der Waals surface area contributed by atoms with Crippen molar-refractivity contribution in [3.05, 3.63) is 71.8 Å². The molecule has 0 saturated carbocycles. The number of nitrogens with zero attached hydrogens (tertiary/aromatic N) is 2. The lowest BCUT2D eigenvalue weighted by atomic mass is 10.0. The molecule has 4 heterocycles. The summed E-state index contributed by atoms with van der Waals surface area (Å²) in [5.74, 6) is -0.652. The third-order valence-corrected chi connectivity index (χ3v) is 7.32. The van der Waals surface area contributed by atoms with Crippen LogP contribution in [-0.4, -0.2) is 91.5 Å². The zero-order valence-corrected chi connectivity index (χ0v) is 20.1. The van der Waals surface area contributed by atoms with E-state index in [0.717, 1.165) is 12.1 Å². The Hall–Kier alpha value is -2.82. The summed E-state index contributed by atoms with van der Waals surface area (Å²) in [7, 11) is 1.32. The fourth-order valence-corrected chi connectivity index (χ4v) is 5.61. The molecule has 190 valence electrons. The molecule has 2 aromatic carbocycles. The van der Waals surface area contributed by atoms with E-state index in [-0.39, 0.29) is 18.6 Å². The van der Waals surface area contributed by atoms with Gasteiger partial charge in [0.2, 0.25) is 0 Å². The van der Waals surface area contributed by atoms with Gasteiger partial charge in [0.25, 0.3) is 5.91 Å². The number of carbonyl (C=O) groups excluding carboxylic acids is 2. The van der Waals surface area contributed by atoms with Crippen LogP contribution in [0.15, 0.2) is 60.7 Å². The summed E-state index contributed by atoms with van der Waals surface area (Å²) in [5, 5.41) is 0. The third-order valence-electron chi connectivity index (χ3n) is 7.32. The van der Waals surface area contributed by atoms with Crippen molar-refractivity contribution in [1.29, 1.82) is 0 Å². The van der Waals surface area contributed by atoms with Crippen molar-refractivity contribution in [2.75, 3.05) is 26.7 Å². The van der Waals surface area contributed by atoms with Gasteiger partial charge in [0.15, 0.2) is 24.8 Å². The van der Waals surface area contributed by atoms with Crippen LogP contribution in [0, 0.1) is 0 Å². The number of amides is 1. The highest BCUT2D eigenvalue weighted by Crippen LogP contribution is 2.35. The molecule has 4 saturated heterocycles. The smallest absolute Gasteiger partial charge is 0.337 e. The maximum absolute atomic E-state index is 13.9. The molecular formula is C27H30N2O7. The zero-order valence-electron chi connectivity index (χ0n) is 20.1. The summed E-state index contributed by atoms with van der Waals surface area (Å²) in [6.07, 6.45) is -3.19. The van der Waals surface area contributed by atoms with Crippen molar-refractivity contribution in [2.45, 2.75) is 56.0 Å².